The summed E-state index contributed by atoms with van der Waals surface area (Å²) in [4.78, 5) is 14.3. The third kappa shape index (κ3) is 1.77. The van der Waals surface area contributed by atoms with Crippen LogP contribution in [0.2, 0.25) is 0 Å². The second-order valence-electron chi connectivity index (χ2n) is 3.43. The molecule has 0 N–H and O–H groups in total. The van der Waals surface area contributed by atoms with Gasteiger partial charge in [-0.15, -0.1) is 0 Å². The Labute approximate surface area is 91.7 Å². The summed E-state index contributed by atoms with van der Waals surface area (Å²) in [5.74, 6) is 0.580. The van der Waals surface area contributed by atoms with Crippen LogP contribution in [0.1, 0.15) is 11.4 Å². The fourth-order valence-corrected chi connectivity index (χ4v) is 1.40. The van der Waals surface area contributed by atoms with Gasteiger partial charge in [0.15, 0.2) is 5.82 Å². The third-order valence-corrected chi connectivity index (χ3v) is 2.20. The molecule has 0 unspecified atom stereocenters. The molecule has 0 saturated heterocycles. The van der Waals surface area contributed by atoms with Crippen molar-refractivity contribution >= 4 is 5.69 Å². The first kappa shape index (κ1) is 10.3. The van der Waals surface area contributed by atoms with Crippen LogP contribution in [0, 0.1) is 24.0 Å². The Morgan fingerprint density at radius 2 is 2.06 bits per heavy atom. The molecule has 0 radical (unpaired) electrons. The van der Waals surface area contributed by atoms with Crippen molar-refractivity contribution < 1.29 is 4.92 Å². The molecule has 6 heteroatoms. The molecule has 0 bridgehead atoms. The zero-order chi connectivity index (χ0) is 11.7. The van der Waals surface area contributed by atoms with Crippen LogP contribution in [0.5, 0.6) is 0 Å². The van der Waals surface area contributed by atoms with E-state index in [1.165, 1.54) is 6.07 Å². The summed E-state index contributed by atoms with van der Waals surface area (Å²) in [6.07, 6.45) is 1.77. The zero-order valence-electron chi connectivity index (χ0n) is 8.91. The van der Waals surface area contributed by atoms with Gasteiger partial charge in [-0.2, -0.15) is 5.10 Å². The van der Waals surface area contributed by atoms with Gasteiger partial charge >= 0.3 is 0 Å². The molecule has 0 aliphatic carbocycles. The smallest absolute Gasteiger partial charge is 0.258 e. The Hall–Kier alpha value is -2.24. The van der Waals surface area contributed by atoms with E-state index in [1.807, 2.05) is 13.0 Å². The maximum absolute atomic E-state index is 10.6. The SMILES string of the molecule is Cc1ccn(-c2ccc([N+](=O)[O-])c(C)n2)n1. The van der Waals surface area contributed by atoms with Crippen LogP contribution in [0.25, 0.3) is 5.82 Å². The molecule has 2 heterocycles. The fraction of sp³-hybridized carbons (Fsp3) is 0.200. The molecule has 0 atom stereocenters. The monoisotopic (exact) mass is 218 g/mol. The predicted molar refractivity (Wildman–Crippen MR) is 57.5 cm³/mol. The second-order valence-corrected chi connectivity index (χ2v) is 3.43. The van der Waals surface area contributed by atoms with Crippen LogP contribution in [-0.2, 0) is 0 Å². The maximum Gasteiger partial charge on any atom is 0.290 e. The summed E-state index contributed by atoms with van der Waals surface area (Å²) in [5, 5.41) is 14.8. The average Bonchev–Trinajstić information content (AvgIpc) is 2.64. The number of hydrogen-bond acceptors (Lipinski definition) is 4. The number of nitro groups is 1. The zero-order valence-corrected chi connectivity index (χ0v) is 8.91. The van der Waals surface area contributed by atoms with Gasteiger partial charge in [0, 0.05) is 12.3 Å². The van der Waals surface area contributed by atoms with E-state index >= 15 is 0 Å². The highest BCUT2D eigenvalue weighted by Crippen LogP contribution is 2.17. The molecule has 2 aromatic rings. The van der Waals surface area contributed by atoms with Crippen LogP contribution in [0.15, 0.2) is 24.4 Å². The Bertz CT molecular complexity index is 548. The van der Waals surface area contributed by atoms with Gasteiger partial charge in [0.25, 0.3) is 5.69 Å². The highest BCUT2D eigenvalue weighted by molar-refractivity contribution is 5.39. The van der Waals surface area contributed by atoms with E-state index in [2.05, 4.69) is 10.1 Å². The summed E-state index contributed by atoms with van der Waals surface area (Å²) in [6, 6.07) is 4.87. The lowest BCUT2D eigenvalue weighted by Gasteiger charge is -2.01. The molecular weight excluding hydrogens is 208 g/mol. The van der Waals surface area contributed by atoms with Gasteiger partial charge in [0.2, 0.25) is 0 Å². The van der Waals surface area contributed by atoms with Crippen molar-refractivity contribution in [1.29, 1.82) is 0 Å². The van der Waals surface area contributed by atoms with E-state index in [0.29, 0.717) is 11.5 Å². The maximum atomic E-state index is 10.6. The van der Waals surface area contributed by atoms with E-state index in [4.69, 9.17) is 0 Å². The Morgan fingerprint density at radius 3 is 2.56 bits per heavy atom. The normalized spacial score (nSPS) is 10.4. The predicted octanol–water partition coefficient (Wildman–Crippen LogP) is 1.79. The minimum Gasteiger partial charge on any atom is -0.258 e. The molecule has 0 aliphatic rings. The quantitative estimate of drug-likeness (QED) is 0.569. The molecular formula is C10H10N4O2. The molecule has 0 amide bonds. The van der Waals surface area contributed by atoms with Crippen molar-refractivity contribution in [2.45, 2.75) is 13.8 Å². The Morgan fingerprint density at radius 1 is 1.31 bits per heavy atom. The van der Waals surface area contributed by atoms with Crippen LogP contribution in [0.3, 0.4) is 0 Å². The van der Waals surface area contributed by atoms with Gasteiger partial charge in [-0.3, -0.25) is 10.1 Å². The minimum absolute atomic E-state index is 0.0210. The van der Waals surface area contributed by atoms with Crippen molar-refractivity contribution in [3.8, 4) is 5.82 Å². The lowest BCUT2D eigenvalue weighted by Crippen LogP contribution is -2.02. The van der Waals surface area contributed by atoms with Crippen molar-refractivity contribution in [1.82, 2.24) is 14.8 Å². The van der Waals surface area contributed by atoms with Crippen molar-refractivity contribution in [2.24, 2.45) is 0 Å². The van der Waals surface area contributed by atoms with E-state index in [0.717, 1.165) is 5.69 Å². The molecule has 0 spiro atoms. The van der Waals surface area contributed by atoms with E-state index in [9.17, 15) is 10.1 Å². The summed E-state index contributed by atoms with van der Waals surface area (Å²) < 4.78 is 1.59. The first-order valence-corrected chi connectivity index (χ1v) is 4.72. The number of rotatable bonds is 2. The first-order chi connectivity index (χ1) is 7.58. The number of nitrogens with zero attached hydrogens (tertiary/aromatic N) is 4. The molecule has 0 aromatic carbocycles. The largest absolute Gasteiger partial charge is 0.290 e. The van der Waals surface area contributed by atoms with Crippen molar-refractivity contribution in [2.75, 3.05) is 0 Å². The number of hydrogen-bond donors (Lipinski definition) is 0. The minimum atomic E-state index is -0.444. The molecule has 2 aromatic heterocycles. The number of aromatic nitrogens is 3. The molecule has 82 valence electrons. The Balaban J connectivity index is 2.45. The van der Waals surface area contributed by atoms with Crippen molar-refractivity contribution in [3.63, 3.8) is 0 Å². The number of aryl methyl sites for hydroxylation is 2. The lowest BCUT2D eigenvalue weighted by molar-refractivity contribution is -0.385. The highest BCUT2D eigenvalue weighted by atomic mass is 16.6. The van der Waals surface area contributed by atoms with Crippen molar-refractivity contribution in [3.05, 3.63) is 45.9 Å². The summed E-state index contributed by atoms with van der Waals surface area (Å²) in [5.41, 5.74) is 1.28. The van der Waals surface area contributed by atoms with Gasteiger partial charge in [-0.25, -0.2) is 9.67 Å². The average molecular weight is 218 g/mol. The summed E-state index contributed by atoms with van der Waals surface area (Å²) in [6.45, 7) is 3.48. The standard InChI is InChI=1S/C10H10N4O2/c1-7-5-6-13(12-7)10-4-3-9(14(15)16)8(2)11-10/h3-6H,1-2H3. The molecule has 6 nitrogen and oxygen atoms in total. The molecule has 0 saturated carbocycles. The molecule has 0 aliphatic heterocycles. The second kappa shape index (κ2) is 3.73. The van der Waals surface area contributed by atoms with Gasteiger partial charge < -0.3 is 0 Å². The van der Waals surface area contributed by atoms with Gasteiger partial charge in [-0.05, 0) is 26.0 Å². The molecule has 2 rings (SSSR count). The van der Waals surface area contributed by atoms with Gasteiger partial charge in [0.05, 0.1) is 10.6 Å². The van der Waals surface area contributed by atoms with Crippen LogP contribution >= 0.6 is 0 Å². The Kier molecular flexibility index (Phi) is 2.40. The van der Waals surface area contributed by atoms with E-state index in [-0.39, 0.29) is 5.69 Å². The van der Waals surface area contributed by atoms with Crippen LogP contribution in [-0.4, -0.2) is 19.7 Å². The molecule has 0 fully saturated rings. The van der Waals surface area contributed by atoms with Crippen LogP contribution < -0.4 is 0 Å². The lowest BCUT2D eigenvalue weighted by atomic mass is 10.3. The fourth-order valence-electron chi connectivity index (χ4n) is 1.40. The topological polar surface area (TPSA) is 73.8 Å². The summed E-state index contributed by atoms with van der Waals surface area (Å²) in [7, 11) is 0. The molecule has 16 heavy (non-hydrogen) atoms. The highest BCUT2D eigenvalue weighted by Gasteiger charge is 2.12. The van der Waals surface area contributed by atoms with Gasteiger partial charge in [0.1, 0.15) is 5.69 Å². The van der Waals surface area contributed by atoms with E-state index < -0.39 is 4.92 Å². The number of pyridine rings is 1. The summed E-state index contributed by atoms with van der Waals surface area (Å²) >= 11 is 0. The van der Waals surface area contributed by atoms with Crippen LogP contribution in [0.4, 0.5) is 5.69 Å². The van der Waals surface area contributed by atoms with Gasteiger partial charge in [-0.1, -0.05) is 0 Å². The van der Waals surface area contributed by atoms with E-state index in [1.54, 1.807) is 23.9 Å². The third-order valence-electron chi connectivity index (χ3n) is 2.20. The first-order valence-electron chi connectivity index (χ1n) is 4.72.